The van der Waals surface area contributed by atoms with Crippen molar-refractivity contribution in [1.82, 2.24) is 0 Å². The summed E-state index contributed by atoms with van der Waals surface area (Å²) in [5.41, 5.74) is 0. The van der Waals surface area contributed by atoms with Crippen LogP contribution in [0.2, 0.25) is 0 Å². The molecular weight excluding hydrogens is 179 g/mol. The van der Waals surface area contributed by atoms with E-state index in [0.717, 1.165) is 0 Å². The summed E-state index contributed by atoms with van der Waals surface area (Å²) in [6, 6.07) is 0. The van der Waals surface area contributed by atoms with Gasteiger partial charge in [0.15, 0.2) is 0 Å². The van der Waals surface area contributed by atoms with Gasteiger partial charge in [-0.2, -0.15) is 0 Å². The summed E-state index contributed by atoms with van der Waals surface area (Å²) in [5, 5.41) is 0. The lowest BCUT2D eigenvalue weighted by Gasteiger charge is -2.12. The second-order valence-electron chi connectivity index (χ2n) is 2.49. The van der Waals surface area contributed by atoms with E-state index in [0.29, 0.717) is 13.2 Å². The monoisotopic (exact) mass is 192 g/mol. The van der Waals surface area contributed by atoms with Crippen molar-refractivity contribution in [2.75, 3.05) is 13.2 Å². The van der Waals surface area contributed by atoms with Crippen molar-refractivity contribution < 1.29 is 18.3 Å². The van der Waals surface area contributed by atoms with Gasteiger partial charge >= 0.3 is 7.60 Å². The summed E-state index contributed by atoms with van der Waals surface area (Å²) in [5.74, 6) is 1.35. The Labute approximate surface area is 72.0 Å². The lowest BCUT2D eigenvalue weighted by atomic mass is 10.4. The summed E-state index contributed by atoms with van der Waals surface area (Å²) < 4.78 is 26.7. The smallest absolute Gasteiger partial charge is 0.357 e. The van der Waals surface area contributed by atoms with Gasteiger partial charge in [0.05, 0.1) is 25.3 Å². The fourth-order valence-corrected chi connectivity index (χ4v) is 2.04. The molecule has 4 nitrogen and oxygen atoms in total. The second kappa shape index (κ2) is 4.08. The Balaban J connectivity index is 2.61. The molecule has 70 valence electrons. The first-order valence-corrected chi connectivity index (χ1v) is 5.49. The molecule has 0 radical (unpaired) electrons. The summed E-state index contributed by atoms with van der Waals surface area (Å²) in [4.78, 5) is 0. The van der Waals surface area contributed by atoms with E-state index in [2.05, 4.69) is 0 Å². The molecule has 0 aromatic rings. The Morgan fingerprint density at radius 2 is 2.50 bits per heavy atom. The Morgan fingerprint density at radius 3 is 3.17 bits per heavy atom. The topological polar surface area (TPSA) is 44.8 Å². The first-order chi connectivity index (χ1) is 5.66. The molecule has 0 fully saturated rings. The van der Waals surface area contributed by atoms with Crippen molar-refractivity contribution in [1.29, 1.82) is 0 Å². The van der Waals surface area contributed by atoms with Crippen LogP contribution in [-0.2, 0) is 18.3 Å². The summed E-state index contributed by atoms with van der Waals surface area (Å²) in [6.07, 6.45) is 1.31. The van der Waals surface area contributed by atoms with Crippen LogP contribution in [0.3, 0.4) is 0 Å². The average Bonchev–Trinajstić information content (AvgIpc) is 2.15. The van der Waals surface area contributed by atoms with Crippen molar-refractivity contribution >= 4 is 7.60 Å². The van der Waals surface area contributed by atoms with Crippen molar-refractivity contribution in [3.05, 3.63) is 12.1 Å². The fraction of sp³-hybridized carbons (Fsp3) is 0.714. The molecule has 1 aliphatic rings. The van der Waals surface area contributed by atoms with E-state index in [4.69, 9.17) is 13.8 Å². The van der Waals surface area contributed by atoms with E-state index in [1.54, 1.807) is 6.92 Å². The van der Waals surface area contributed by atoms with Gasteiger partial charge < -0.3 is 13.8 Å². The molecule has 1 aliphatic heterocycles. The lowest BCUT2D eigenvalue weighted by molar-refractivity contribution is 0.101. The minimum Gasteiger partial charge on any atom is -0.496 e. The Kier molecular flexibility index (Phi) is 3.32. The minimum absolute atomic E-state index is 0.0717. The fourth-order valence-electron chi connectivity index (χ4n) is 0.795. The maximum absolute atomic E-state index is 11.6. The standard InChI is InChI=1S/C7H13O4P/c1-3-10-12(8)5-4-9-7(2)6-11-12/h4-5,7H,3,6H2,1-2H3. The highest BCUT2D eigenvalue weighted by Gasteiger charge is 2.24. The van der Waals surface area contributed by atoms with Crippen LogP contribution < -0.4 is 0 Å². The van der Waals surface area contributed by atoms with E-state index < -0.39 is 7.60 Å². The van der Waals surface area contributed by atoms with E-state index in [9.17, 15) is 4.57 Å². The number of hydrogen-bond donors (Lipinski definition) is 0. The van der Waals surface area contributed by atoms with Gasteiger partial charge in [-0.15, -0.1) is 0 Å². The molecule has 1 heterocycles. The molecule has 12 heavy (non-hydrogen) atoms. The van der Waals surface area contributed by atoms with Crippen LogP contribution in [0.25, 0.3) is 0 Å². The summed E-state index contributed by atoms with van der Waals surface area (Å²) >= 11 is 0. The first kappa shape index (κ1) is 9.78. The van der Waals surface area contributed by atoms with Crippen LogP contribution in [-0.4, -0.2) is 19.3 Å². The van der Waals surface area contributed by atoms with Crippen LogP contribution >= 0.6 is 7.60 Å². The Morgan fingerprint density at radius 1 is 1.75 bits per heavy atom. The van der Waals surface area contributed by atoms with Crippen molar-refractivity contribution in [3.63, 3.8) is 0 Å². The van der Waals surface area contributed by atoms with Gasteiger partial charge in [-0.25, -0.2) is 0 Å². The molecule has 2 atom stereocenters. The third-order valence-corrected chi connectivity index (χ3v) is 2.97. The summed E-state index contributed by atoms with van der Waals surface area (Å²) in [7, 11) is -3.00. The molecule has 2 unspecified atom stereocenters. The van der Waals surface area contributed by atoms with Gasteiger partial charge in [0.25, 0.3) is 0 Å². The maximum atomic E-state index is 11.6. The molecule has 0 amide bonds. The maximum Gasteiger partial charge on any atom is 0.357 e. The molecule has 0 N–H and O–H groups in total. The number of rotatable bonds is 2. The van der Waals surface area contributed by atoms with Gasteiger partial charge in [-0.1, -0.05) is 0 Å². The zero-order valence-electron chi connectivity index (χ0n) is 7.23. The van der Waals surface area contributed by atoms with Crippen LogP contribution in [0.15, 0.2) is 12.1 Å². The highest BCUT2D eigenvalue weighted by molar-refractivity contribution is 7.57. The molecule has 5 heteroatoms. The van der Waals surface area contributed by atoms with Gasteiger partial charge in [-0.05, 0) is 13.8 Å². The molecule has 0 aliphatic carbocycles. The predicted molar refractivity (Wildman–Crippen MR) is 44.9 cm³/mol. The average molecular weight is 192 g/mol. The zero-order chi connectivity index (χ0) is 9.03. The quantitative estimate of drug-likeness (QED) is 0.628. The molecular formula is C7H13O4P. The van der Waals surface area contributed by atoms with Crippen LogP contribution in [0.4, 0.5) is 0 Å². The van der Waals surface area contributed by atoms with E-state index in [-0.39, 0.29) is 6.10 Å². The van der Waals surface area contributed by atoms with Crippen LogP contribution in [0.1, 0.15) is 13.8 Å². The molecule has 0 saturated heterocycles. The highest BCUT2D eigenvalue weighted by Crippen LogP contribution is 2.50. The Hall–Kier alpha value is -0.310. The third-order valence-electron chi connectivity index (χ3n) is 1.35. The number of hydrogen-bond acceptors (Lipinski definition) is 4. The third kappa shape index (κ3) is 2.63. The van der Waals surface area contributed by atoms with Crippen molar-refractivity contribution in [2.24, 2.45) is 0 Å². The van der Waals surface area contributed by atoms with Gasteiger partial charge in [-0.3, -0.25) is 4.57 Å². The van der Waals surface area contributed by atoms with Gasteiger partial charge in [0.1, 0.15) is 6.10 Å². The van der Waals surface area contributed by atoms with Gasteiger partial charge in [0.2, 0.25) is 0 Å². The SMILES string of the molecule is CCOP1(=O)C=COC(C)CO1. The molecule has 0 spiro atoms. The summed E-state index contributed by atoms with van der Waals surface area (Å²) in [6.45, 7) is 4.28. The molecule has 0 aromatic heterocycles. The van der Waals surface area contributed by atoms with E-state index in [1.165, 1.54) is 12.1 Å². The largest absolute Gasteiger partial charge is 0.496 e. The molecule has 0 bridgehead atoms. The Bertz CT molecular complexity index is 213. The predicted octanol–water partition coefficient (Wildman–Crippen LogP) is 2.12. The van der Waals surface area contributed by atoms with Crippen LogP contribution in [0.5, 0.6) is 0 Å². The lowest BCUT2D eigenvalue weighted by Crippen LogP contribution is -2.10. The zero-order valence-corrected chi connectivity index (χ0v) is 8.12. The van der Waals surface area contributed by atoms with Crippen molar-refractivity contribution in [2.45, 2.75) is 20.0 Å². The molecule has 0 saturated carbocycles. The van der Waals surface area contributed by atoms with Gasteiger partial charge in [0, 0.05) is 0 Å². The normalized spacial score (nSPS) is 35.7. The van der Waals surface area contributed by atoms with Crippen LogP contribution in [0, 0.1) is 0 Å². The molecule has 0 aromatic carbocycles. The first-order valence-electron chi connectivity index (χ1n) is 3.88. The van der Waals surface area contributed by atoms with E-state index in [1.807, 2.05) is 6.92 Å². The van der Waals surface area contributed by atoms with E-state index >= 15 is 0 Å². The molecule has 1 rings (SSSR count). The minimum atomic E-state index is -3.00. The van der Waals surface area contributed by atoms with Crippen molar-refractivity contribution in [3.8, 4) is 0 Å². The second-order valence-corrected chi connectivity index (χ2v) is 4.38. The number of ether oxygens (including phenoxy) is 1. The highest BCUT2D eigenvalue weighted by atomic mass is 31.2.